The molecule has 0 aromatic heterocycles. The molecule has 0 aliphatic carbocycles. The zero-order chi connectivity index (χ0) is 15.2. The number of piperazine rings is 1. The lowest BCUT2D eigenvalue weighted by atomic mass is 10.1. The molecule has 1 unspecified atom stereocenters. The fourth-order valence-corrected chi connectivity index (χ4v) is 3.81. The van der Waals surface area contributed by atoms with E-state index in [4.69, 9.17) is 0 Å². The van der Waals surface area contributed by atoms with Gasteiger partial charge < -0.3 is 0 Å². The first-order valence-electron chi connectivity index (χ1n) is 8.08. The Morgan fingerprint density at radius 3 is 2.10 bits per heavy atom. The molecule has 1 saturated heterocycles. The summed E-state index contributed by atoms with van der Waals surface area (Å²) in [6, 6.07) is 0.710. The molecule has 20 heavy (non-hydrogen) atoms. The Kier molecular flexibility index (Phi) is 7.48. The Bertz CT molecular complexity index is 360. The first-order valence-corrected chi connectivity index (χ1v) is 9.80. The highest BCUT2D eigenvalue weighted by Crippen LogP contribution is 2.14. The summed E-state index contributed by atoms with van der Waals surface area (Å²) in [7, 11) is -2.90. The van der Waals surface area contributed by atoms with Crippen LogP contribution in [0.25, 0.3) is 0 Å². The highest BCUT2D eigenvalue weighted by molar-refractivity contribution is 7.92. The summed E-state index contributed by atoms with van der Waals surface area (Å²) in [6.07, 6.45) is 3.74. The van der Waals surface area contributed by atoms with E-state index < -0.39 is 9.84 Å². The van der Waals surface area contributed by atoms with Crippen molar-refractivity contribution < 1.29 is 8.42 Å². The van der Waals surface area contributed by atoms with E-state index >= 15 is 0 Å². The molecule has 1 heterocycles. The monoisotopic (exact) mass is 304 g/mol. The van der Waals surface area contributed by atoms with Gasteiger partial charge in [-0.15, -0.1) is 0 Å². The lowest BCUT2D eigenvalue weighted by Gasteiger charge is -2.39. The van der Waals surface area contributed by atoms with Gasteiger partial charge in [-0.2, -0.15) is 0 Å². The second-order valence-corrected chi connectivity index (χ2v) is 8.82. The van der Waals surface area contributed by atoms with Crippen molar-refractivity contribution in [2.45, 2.75) is 58.2 Å². The lowest BCUT2D eigenvalue weighted by Crippen LogP contribution is -2.51. The average Bonchev–Trinajstić information content (AvgIpc) is 2.43. The number of rotatable bonds is 8. The summed E-state index contributed by atoms with van der Waals surface area (Å²) < 4.78 is 23.7. The molecular formula is C15H32N2O2S. The molecule has 0 N–H and O–H groups in total. The van der Waals surface area contributed by atoms with E-state index in [1.165, 1.54) is 19.3 Å². The quantitative estimate of drug-likeness (QED) is 0.688. The van der Waals surface area contributed by atoms with Crippen LogP contribution in [0.4, 0.5) is 0 Å². The van der Waals surface area contributed by atoms with Gasteiger partial charge >= 0.3 is 0 Å². The third-order valence-corrected chi connectivity index (χ3v) is 6.61. The minimum Gasteiger partial charge on any atom is -0.300 e. The van der Waals surface area contributed by atoms with Crippen LogP contribution in [-0.4, -0.2) is 68.0 Å². The molecule has 1 fully saturated rings. The standard InChI is InChI=1S/C15H32N2O2S/c1-5-7-15(6-2)17-10-8-16(9-11-17)12-13-20(18,19)14(3)4/h14-15H,5-13H2,1-4H3. The summed E-state index contributed by atoms with van der Waals surface area (Å²) >= 11 is 0. The fourth-order valence-electron chi connectivity index (χ4n) is 2.82. The Morgan fingerprint density at radius 1 is 1.05 bits per heavy atom. The van der Waals surface area contributed by atoms with Crippen molar-refractivity contribution in [2.75, 3.05) is 38.5 Å². The van der Waals surface area contributed by atoms with Crippen LogP contribution >= 0.6 is 0 Å². The van der Waals surface area contributed by atoms with Crippen LogP contribution in [-0.2, 0) is 9.84 Å². The minimum absolute atomic E-state index is 0.252. The van der Waals surface area contributed by atoms with Gasteiger partial charge in [-0.3, -0.25) is 9.80 Å². The highest BCUT2D eigenvalue weighted by atomic mass is 32.2. The molecule has 0 saturated carbocycles. The van der Waals surface area contributed by atoms with Gasteiger partial charge in [0, 0.05) is 38.8 Å². The second kappa shape index (κ2) is 8.35. The van der Waals surface area contributed by atoms with Crippen LogP contribution in [0.5, 0.6) is 0 Å². The Balaban J connectivity index is 2.35. The molecule has 0 spiro atoms. The molecule has 0 aromatic rings. The van der Waals surface area contributed by atoms with Gasteiger partial charge in [0.15, 0.2) is 9.84 Å². The maximum atomic E-state index is 11.8. The predicted octanol–water partition coefficient (Wildman–Crippen LogP) is 2.01. The van der Waals surface area contributed by atoms with Gasteiger partial charge in [0.2, 0.25) is 0 Å². The zero-order valence-corrected chi connectivity index (χ0v) is 14.5. The molecule has 1 atom stereocenters. The molecule has 1 rings (SSSR count). The van der Waals surface area contributed by atoms with Gasteiger partial charge in [0.1, 0.15) is 0 Å². The highest BCUT2D eigenvalue weighted by Gasteiger charge is 2.24. The lowest BCUT2D eigenvalue weighted by molar-refractivity contribution is 0.0932. The Hall–Kier alpha value is -0.130. The maximum Gasteiger partial charge on any atom is 0.153 e. The van der Waals surface area contributed by atoms with Crippen LogP contribution < -0.4 is 0 Å². The number of hydrogen-bond donors (Lipinski definition) is 0. The minimum atomic E-state index is -2.90. The SMILES string of the molecule is CCCC(CC)N1CCN(CCS(=O)(=O)C(C)C)CC1. The maximum absolute atomic E-state index is 11.8. The van der Waals surface area contributed by atoms with Crippen LogP contribution in [0.1, 0.15) is 47.0 Å². The van der Waals surface area contributed by atoms with Gasteiger partial charge in [-0.05, 0) is 26.7 Å². The van der Waals surface area contributed by atoms with Crippen LogP contribution in [0.15, 0.2) is 0 Å². The summed E-state index contributed by atoms with van der Waals surface area (Å²) in [4.78, 5) is 4.88. The zero-order valence-electron chi connectivity index (χ0n) is 13.6. The van der Waals surface area contributed by atoms with Crippen molar-refractivity contribution in [1.29, 1.82) is 0 Å². The van der Waals surface area contributed by atoms with Crippen molar-refractivity contribution in [3.05, 3.63) is 0 Å². The molecule has 0 aromatic carbocycles. The van der Waals surface area contributed by atoms with Crippen molar-refractivity contribution >= 4 is 9.84 Å². The van der Waals surface area contributed by atoms with E-state index in [1.54, 1.807) is 13.8 Å². The van der Waals surface area contributed by atoms with E-state index in [2.05, 4.69) is 23.6 Å². The second-order valence-electron chi connectivity index (χ2n) is 6.14. The Morgan fingerprint density at radius 2 is 1.65 bits per heavy atom. The normalized spacial score (nSPS) is 20.4. The third-order valence-electron chi connectivity index (χ3n) is 4.43. The average molecular weight is 305 g/mol. The molecule has 5 heteroatoms. The summed E-state index contributed by atoms with van der Waals surface area (Å²) in [5, 5.41) is -0.252. The van der Waals surface area contributed by atoms with Gasteiger partial charge in [-0.1, -0.05) is 20.3 Å². The molecule has 1 aliphatic heterocycles. The predicted molar refractivity (Wildman–Crippen MR) is 85.9 cm³/mol. The van der Waals surface area contributed by atoms with Crippen LogP contribution in [0.2, 0.25) is 0 Å². The molecule has 0 amide bonds. The van der Waals surface area contributed by atoms with E-state index in [0.717, 1.165) is 26.2 Å². The van der Waals surface area contributed by atoms with Crippen molar-refractivity contribution in [3.8, 4) is 0 Å². The van der Waals surface area contributed by atoms with Crippen LogP contribution in [0, 0.1) is 0 Å². The summed E-state index contributed by atoms with van der Waals surface area (Å²) in [5.41, 5.74) is 0. The summed E-state index contributed by atoms with van der Waals surface area (Å²) in [5.74, 6) is 0.302. The van der Waals surface area contributed by atoms with E-state index in [-0.39, 0.29) is 5.25 Å². The topological polar surface area (TPSA) is 40.6 Å². The summed E-state index contributed by atoms with van der Waals surface area (Å²) in [6.45, 7) is 12.9. The van der Waals surface area contributed by atoms with Gasteiger partial charge in [0.05, 0.1) is 11.0 Å². The first-order chi connectivity index (χ1) is 9.40. The van der Waals surface area contributed by atoms with Gasteiger partial charge in [0.25, 0.3) is 0 Å². The van der Waals surface area contributed by atoms with Gasteiger partial charge in [-0.25, -0.2) is 8.42 Å². The number of sulfone groups is 1. The number of hydrogen-bond acceptors (Lipinski definition) is 4. The molecule has 0 radical (unpaired) electrons. The molecular weight excluding hydrogens is 272 g/mol. The molecule has 120 valence electrons. The largest absolute Gasteiger partial charge is 0.300 e. The Labute approximate surface area is 125 Å². The van der Waals surface area contributed by atoms with E-state index in [9.17, 15) is 8.42 Å². The number of nitrogens with zero attached hydrogens (tertiary/aromatic N) is 2. The van der Waals surface area contributed by atoms with Crippen molar-refractivity contribution in [2.24, 2.45) is 0 Å². The van der Waals surface area contributed by atoms with Crippen molar-refractivity contribution in [3.63, 3.8) is 0 Å². The van der Waals surface area contributed by atoms with Crippen LogP contribution in [0.3, 0.4) is 0 Å². The molecule has 1 aliphatic rings. The third kappa shape index (κ3) is 5.34. The molecule has 4 nitrogen and oxygen atoms in total. The van der Waals surface area contributed by atoms with E-state index in [0.29, 0.717) is 18.3 Å². The molecule has 0 bridgehead atoms. The smallest absolute Gasteiger partial charge is 0.153 e. The van der Waals surface area contributed by atoms with E-state index in [1.807, 2.05) is 0 Å². The van der Waals surface area contributed by atoms with Crippen molar-refractivity contribution in [1.82, 2.24) is 9.80 Å². The first kappa shape index (κ1) is 17.9. The fraction of sp³-hybridized carbons (Fsp3) is 1.00.